The van der Waals surface area contributed by atoms with Crippen molar-refractivity contribution < 1.29 is 9.18 Å². The number of carbonyl (C=O) groups excluding carboxylic acids is 1. The van der Waals surface area contributed by atoms with Crippen molar-refractivity contribution in [2.75, 3.05) is 13.6 Å². The first kappa shape index (κ1) is 25.3. The molecule has 5 nitrogen and oxygen atoms in total. The van der Waals surface area contributed by atoms with Crippen LogP contribution in [0.2, 0.25) is 0 Å². The summed E-state index contributed by atoms with van der Waals surface area (Å²) < 4.78 is 14.9. The van der Waals surface area contributed by atoms with Crippen molar-refractivity contribution >= 4 is 11.6 Å². The number of aliphatic imine (C=N–C) groups is 1. The summed E-state index contributed by atoms with van der Waals surface area (Å²) in [6.45, 7) is 5.22. The Morgan fingerprint density at radius 1 is 1.14 bits per heavy atom. The van der Waals surface area contributed by atoms with E-state index in [9.17, 15) is 9.18 Å². The SMILES string of the molecule is CN=C(C=C(C)N)CNCc1cc(C)c2c(c1)[C@@H](NC(=O)c1ccc(-c3ccccc3)cc1F)CC2. The number of hydrogen-bond acceptors (Lipinski definition) is 4. The van der Waals surface area contributed by atoms with Crippen LogP contribution in [0.25, 0.3) is 11.1 Å². The van der Waals surface area contributed by atoms with Gasteiger partial charge in [-0.1, -0.05) is 48.5 Å². The van der Waals surface area contributed by atoms with Gasteiger partial charge in [0.1, 0.15) is 5.82 Å². The van der Waals surface area contributed by atoms with E-state index in [4.69, 9.17) is 5.73 Å². The van der Waals surface area contributed by atoms with E-state index in [-0.39, 0.29) is 17.5 Å². The molecule has 3 aromatic rings. The van der Waals surface area contributed by atoms with E-state index < -0.39 is 5.82 Å². The van der Waals surface area contributed by atoms with Crippen LogP contribution in [0, 0.1) is 12.7 Å². The van der Waals surface area contributed by atoms with Gasteiger partial charge in [0.25, 0.3) is 5.91 Å². The van der Waals surface area contributed by atoms with E-state index >= 15 is 0 Å². The van der Waals surface area contributed by atoms with E-state index in [0.717, 1.165) is 46.5 Å². The van der Waals surface area contributed by atoms with Crippen molar-refractivity contribution in [3.05, 3.63) is 106 Å². The molecular formula is C30H33FN4O. The van der Waals surface area contributed by atoms with Gasteiger partial charge in [0.15, 0.2) is 0 Å². The molecule has 1 aliphatic carbocycles. The molecule has 0 bridgehead atoms. The van der Waals surface area contributed by atoms with Crippen molar-refractivity contribution in [3.8, 4) is 11.1 Å². The van der Waals surface area contributed by atoms with Crippen LogP contribution >= 0.6 is 0 Å². The van der Waals surface area contributed by atoms with Crippen molar-refractivity contribution in [3.63, 3.8) is 0 Å². The molecule has 1 aliphatic rings. The summed E-state index contributed by atoms with van der Waals surface area (Å²) in [6, 6.07) is 18.6. The quantitative estimate of drug-likeness (QED) is 0.383. The van der Waals surface area contributed by atoms with Gasteiger partial charge in [-0.2, -0.15) is 0 Å². The van der Waals surface area contributed by atoms with E-state index in [1.54, 1.807) is 19.2 Å². The van der Waals surface area contributed by atoms with Gasteiger partial charge in [0.05, 0.1) is 11.6 Å². The molecule has 1 amide bonds. The zero-order valence-electron chi connectivity index (χ0n) is 21.1. The molecule has 0 aromatic heterocycles. The highest BCUT2D eigenvalue weighted by molar-refractivity contribution is 5.97. The predicted molar refractivity (Wildman–Crippen MR) is 145 cm³/mol. The molecule has 0 spiro atoms. The highest BCUT2D eigenvalue weighted by atomic mass is 19.1. The Morgan fingerprint density at radius 3 is 2.61 bits per heavy atom. The Kier molecular flexibility index (Phi) is 7.96. The molecule has 186 valence electrons. The molecule has 0 fully saturated rings. The average molecular weight is 485 g/mol. The Morgan fingerprint density at radius 2 is 1.92 bits per heavy atom. The van der Waals surface area contributed by atoms with Gasteiger partial charge in [0.2, 0.25) is 0 Å². The van der Waals surface area contributed by atoms with Crippen LogP contribution in [0.5, 0.6) is 0 Å². The zero-order chi connectivity index (χ0) is 25.7. The van der Waals surface area contributed by atoms with Gasteiger partial charge in [-0.15, -0.1) is 0 Å². The largest absolute Gasteiger partial charge is 0.402 e. The smallest absolute Gasteiger partial charge is 0.254 e. The number of allylic oxidation sites excluding steroid dienone is 1. The van der Waals surface area contributed by atoms with E-state index in [1.807, 2.05) is 43.3 Å². The number of nitrogens with two attached hydrogens (primary N) is 1. The molecule has 36 heavy (non-hydrogen) atoms. The van der Waals surface area contributed by atoms with Crippen LogP contribution in [0.3, 0.4) is 0 Å². The molecule has 0 saturated carbocycles. The van der Waals surface area contributed by atoms with E-state index in [2.05, 4.69) is 34.7 Å². The minimum absolute atomic E-state index is 0.0623. The number of nitrogens with zero attached hydrogens (tertiary/aromatic N) is 1. The first-order valence-electron chi connectivity index (χ1n) is 12.2. The molecule has 0 saturated heterocycles. The number of hydrogen-bond donors (Lipinski definition) is 3. The van der Waals surface area contributed by atoms with Gasteiger partial charge in [-0.25, -0.2) is 4.39 Å². The molecule has 4 N–H and O–H groups in total. The third-order valence-corrected chi connectivity index (χ3v) is 6.57. The normalized spacial score (nSPS) is 15.6. The number of nitrogens with one attached hydrogen (secondary N) is 2. The second kappa shape index (κ2) is 11.3. The lowest BCUT2D eigenvalue weighted by Crippen LogP contribution is -2.28. The molecular weight excluding hydrogens is 451 g/mol. The molecule has 6 heteroatoms. The van der Waals surface area contributed by atoms with Crippen LogP contribution in [-0.2, 0) is 13.0 Å². The maximum Gasteiger partial charge on any atom is 0.254 e. The van der Waals surface area contributed by atoms with Crippen molar-refractivity contribution in [1.29, 1.82) is 0 Å². The number of fused-ring (bicyclic) bond motifs is 1. The minimum Gasteiger partial charge on any atom is -0.402 e. The minimum atomic E-state index is -0.517. The number of benzene rings is 3. The number of carbonyl (C=O) groups is 1. The maximum atomic E-state index is 14.9. The van der Waals surface area contributed by atoms with Crippen LogP contribution in [-0.4, -0.2) is 25.2 Å². The van der Waals surface area contributed by atoms with Crippen molar-refractivity contribution in [2.24, 2.45) is 10.7 Å². The van der Waals surface area contributed by atoms with Crippen LogP contribution in [0.1, 0.15) is 52.0 Å². The fourth-order valence-electron chi connectivity index (χ4n) is 4.81. The number of rotatable bonds is 8. The molecule has 1 atom stereocenters. The fourth-order valence-corrected chi connectivity index (χ4v) is 4.81. The Bertz CT molecular complexity index is 1310. The highest BCUT2D eigenvalue weighted by Gasteiger charge is 2.27. The monoisotopic (exact) mass is 484 g/mol. The first-order valence-corrected chi connectivity index (χ1v) is 12.2. The summed E-state index contributed by atoms with van der Waals surface area (Å²) in [4.78, 5) is 17.3. The van der Waals surface area contributed by atoms with Crippen LogP contribution in [0.15, 0.2) is 77.4 Å². The molecule has 0 heterocycles. The summed E-state index contributed by atoms with van der Waals surface area (Å²) in [7, 11) is 1.75. The highest BCUT2D eigenvalue weighted by Crippen LogP contribution is 2.34. The van der Waals surface area contributed by atoms with Crippen LogP contribution in [0.4, 0.5) is 4.39 Å². The van der Waals surface area contributed by atoms with Gasteiger partial charge in [-0.05, 0) is 78.3 Å². The molecule has 3 aromatic carbocycles. The van der Waals surface area contributed by atoms with Crippen molar-refractivity contribution in [2.45, 2.75) is 39.3 Å². The Labute approximate surface area is 212 Å². The van der Waals surface area contributed by atoms with Gasteiger partial charge in [-0.3, -0.25) is 9.79 Å². The Hall–Kier alpha value is -3.77. The zero-order valence-corrected chi connectivity index (χ0v) is 21.1. The summed E-state index contributed by atoms with van der Waals surface area (Å²) >= 11 is 0. The van der Waals surface area contributed by atoms with Crippen molar-refractivity contribution in [1.82, 2.24) is 10.6 Å². The summed E-state index contributed by atoms with van der Waals surface area (Å²) in [5.41, 5.74) is 13.8. The third kappa shape index (κ3) is 5.89. The second-order valence-corrected chi connectivity index (χ2v) is 9.31. The maximum absolute atomic E-state index is 14.9. The van der Waals surface area contributed by atoms with E-state index in [1.165, 1.54) is 17.2 Å². The molecule has 0 aliphatic heterocycles. The lowest BCUT2D eigenvalue weighted by molar-refractivity contribution is 0.0932. The number of aryl methyl sites for hydroxylation is 1. The van der Waals surface area contributed by atoms with Gasteiger partial charge >= 0.3 is 0 Å². The van der Waals surface area contributed by atoms with Gasteiger partial charge < -0.3 is 16.4 Å². The summed E-state index contributed by atoms with van der Waals surface area (Å²) in [5.74, 6) is -0.907. The molecule has 0 unspecified atom stereocenters. The standard InChI is InChI=1S/C30H33FN4O/c1-19-13-21(17-34-18-24(33-3)14-20(2)32)15-27-25(19)11-12-29(27)35-30(36)26-10-9-23(16-28(26)31)22-7-5-4-6-8-22/h4-10,13-16,29,34H,11-12,17-18,32H2,1-3H3,(H,35,36)/t29-/m0/s1. The molecule has 0 radical (unpaired) electrons. The van der Waals surface area contributed by atoms with Gasteiger partial charge in [0, 0.05) is 31.5 Å². The molecule has 4 rings (SSSR count). The van der Waals surface area contributed by atoms with Crippen LogP contribution < -0.4 is 16.4 Å². The fraction of sp³-hybridized carbons (Fsp3) is 0.267. The topological polar surface area (TPSA) is 79.5 Å². The first-order chi connectivity index (χ1) is 17.4. The Balaban J connectivity index is 1.46. The lowest BCUT2D eigenvalue weighted by atomic mass is 9.99. The third-order valence-electron chi connectivity index (χ3n) is 6.57. The predicted octanol–water partition coefficient (Wildman–Crippen LogP) is 5.24. The van der Waals surface area contributed by atoms with E-state index in [0.29, 0.717) is 13.1 Å². The number of amides is 1. The summed E-state index contributed by atoms with van der Waals surface area (Å²) in [6.07, 6.45) is 3.55. The second-order valence-electron chi connectivity index (χ2n) is 9.31. The summed E-state index contributed by atoms with van der Waals surface area (Å²) in [5, 5.41) is 6.49. The average Bonchev–Trinajstić information content (AvgIpc) is 3.26. The number of halogens is 1. The lowest BCUT2D eigenvalue weighted by Gasteiger charge is -2.17.